The average Bonchev–Trinajstić information content (AvgIpc) is 2.18. The maximum Gasteiger partial charge on any atom is 0.389 e. The number of hydrogen-bond acceptors (Lipinski definition) is 2. The first-order chi connectivity index (χ1) is 8.20. The van der Waals surface area contributed by atoms with Crippen LogP contribution in [0.2, 0.25) is 0 Å². The van der Waals surface area contributed by atoms with Crippen LogP contribution in [0.15, 0.2) is 4.99 Å². The second kappa shape index (κ2) is 8.51. The lowest BCUT2D eigenvalue weighted by molar-refractivity contribution is -0.132. The minimum Gasteiger partial charge on any atom is -0.312 e. The maximum atomic E-state index is 12.0. The second-order valence-electron chi connectivity index (χ2n) is 5.33. The SMILES string of the molecule is CC(C)CC(CNC(C)C)N=CCCC(F)(F)F. The summed E-state index contributed by atoms with van der Waals surface area (Å²) in [5, 5.41) is 3.27. The maximum absolute atomic E-state index is 12.0. The minimum absolute atomic E-state index is 0.0280. The molecule has 0 bridgehead atoms. The molecule has 0 saturated heterocycles. The van der Waals surface area contributed by atoms with E-state index in [1.54, 1.807) is 0 Å². The number of aliphatic imine (C=N–C) groups is 1. The van der Waals surface area contributed by atoms with Crippen LogP contribution in [0.3, 0.4) is 0 Å². The smallest absolute Gasteiger partial charge is 0.312 e. The van der Waals surface area contributed by atoms with Crippen molar-refractivity contribution in [1.29, 1.82) is 0 Å². The third kappa shape index (κ3) is 11.9. The Hall–Kier alpha value is -0.580. The molecular formula is C13H25F3N2. The van der Waals surface area contributed by atoms with E-state index in [2.05, 4.69) is 24.2 Å². The van der Waals surface area contributed by atoms with Crippen LogP contribution in [0.1, 0.15) is 47.0 Å². The van der Waals surface area contributed by atoms with E-state index in [9.17, 15) is 13.2 Å². The van der Waals surface area contributed by atoms with E-state index in [4.69, 9.17) is 0 Å². The Morgan fingerprint density at radius 1 is 1.17 bits per heavy atom. The molecule has 0 aromatic carbocycles. The molecule has 5 heteroatoms. The number of rotatable bonds is 8. The summed E-state index contributed by atoms with van der Waals surface area (Å²) in [5.41, 5.74) is 0. The Morgan fingerprint density at radius 3 is 2.22 bits per heavy atom. The molecule has 0 heterocycles. The molecule has 18 heavy (non-hydrogen) atoms. The largest absolute Gasteiger partial charge is 0.389 e. The quantitative estimate of drug-likeness (QED) is 0.664. The number of nitrogens with one attached hydrogen (secondary N) is 1. The first-order valence-electron chi connectivity index (χ1n) is 6.52. The third-order valence-electron chi connectivity index (χ3n) is 2.38. The average molecular weight is 266 g/mol. The van der Waals surface area contributed by atoms with Crippen LogP contribution in [0.5, 0.6) is 0 Å². The first-order valence-corrected chi connectivity index (χ1v) is 6.52. The summed E-state index contributed by atoms with van der Waals surface area (Å²) in [5.74, 6) is 0.490. The van der Waals surface area contributed by atoms with Gasteiger partial charge in [-0.3, -0.25) is 4.99 Å². The van der Waals surface area contributed by atoms with Gasteiger partial charge in [0.2, 0.25) is 0 Å². The van der Waals surface area contributed by atoms with Crippen molar-refractivity contribution < 1.29 is 13.2 Å². The molecule has 0 radical (unpaired) electrons. The summed E-state index contributed by atoms with van der Waals surface area (Å²) in [4.78, 5) is 4.25. The Kier molecular flexibility index (Phi) is 8.24. The molecule has 0 saturated carbocycles. The van der Waals surface area contributed by atoms with Crippen molar-refractivity contribution in [3.8, 4) is 0 Å². The summed E-state index contributed by atoms with van der Waals surface area (Å²) in [6, 6.07) is 0.436. The van der Waals surface area contributed by atoms with Gasteiger partial charge in [0, 0.05) is 19.0 Å². The van der Waals surface area contributed by atoms with Gasteiger partial charge in [-0.05, 0) is 25.0 Å². The first kappa shape index (κ1) is 17.4. The number of halogens is 3. The number of nitrogens with zero attached hydrogens (tertiary/aromatic N) is 1. The van der Waals surface area contributed by atoms with Crippen LogP contribution >= 0.6 is 0 Å². The van der Waals surface area contributed by atoms with Crippen LogP contribution in [-0.2, 0) is 0 Å². The topological polar surface area (TPSA) is 24.4 Å². The molecule has 1 unspecified atom stereocenters. The van der Waals surface area contributed by atoms with Crippen molar-refractivity contribution in [3.63, 3.8) is 0 Å². The fourth-order valence-electron chi connectivity index (χ4n) is 1.56. The van der Waals surface area contributed by atoms with Gasteiger partial charge in [-0.25, -0.2) is 0 Å². The molecular weight excluding hydrogens is 241 g/mol. The monoisotopic (exact) mass is 266 g/mol. The van der Waals surface area contributed by atoms with Gasteiger partial charge in [0.25, 0.3) is 0 Å². The van der Waals surface area contributed by atoms with E-state index in [-0.39, 0.29) is 12.5 Å². The highest BCUT2D eigenvalue weighted by Crippen LogP contribution is 2.20. The third-order valence-corrected chi connectivity index (χ3v) is 2.38. The Balaban J connectivity index is 4.09. The van der Waals surface area contributed by atoms with Gasteiger partial charge < -0.3 is 5.32 Å². The van der Waals surface area contributed by atoms with Crippen molar-refractivity contribution in [2.75, 3.05) is 6.54 Å². The highest BCUT2D eigenvalue weighted by atomic mass is 19.4. The molecule has 0 aliphatic carbocycles. The summed E-state index contributed by atoms with van der Waals surface area (Å²) in [7, 11) is 0. The van der Waals surface area contributed by atoms with Crippen LogP contribution in [0, 0.1) is 5.92 Å². The lowest BCUT2D eigenvalue weighted by Crippen LogP contribution is -2.32. The van der Waals surface area contributed by atoms with Crippen molar-refractivity contribution in [1.82, 2.24) is 5.32 Å². The van der Waals surface area contributed by atoms with Crippen LogP contribution in [0.25, 0.3) is 0 Å². The summed E-state index contributed by atoms with van der Waals surface area (Å²) in [6.45, 7) is 8.99. The molecule has 108 valence electrons. The van der Waals surface area contributed by atoms with E-state index in [1.807, 2.05) is 13.8 Å². The molecule has 0 aromatic rings. The Morgan fingerprint density at radius 2 is 1.78 bits per heavy atom. The van der Waals surface area contributed by atoms with Crippen LogP contribution in [-0.4, -0.2) is 31.0 Å². The predicted octanol–water partition coefficient (Wildman–Crippen LogP) is 3.81. The molecule has 0 spiro atoms. The van der Waals surface area contributed by atoms with Crippen LogP contribution < -0.4 is 5.32 Å². The van der Waals surface area contributed by atoms with Gasteiger partial charge in [-0.15, -0.1) is 0 Å². The molecule has 0 aliphatic heterocycles. The van der Waals surface area contributed by atoms with Gasteiger partial charge >= 0.3 is 6.18 Å². The van der Waals surface area contributed by atoms with Gasteiger partial charge in [0.1, 0.15) is 0 Å². The van der Waals surface area contributed by atoms with Crippen molar-refractivity contribution >= 4 is 6.21 Å². The molecule has 0 amide bonds. The lowest BCUT2D eigenvalue weighted by atomic mass is 10.0. The zero-order valence-electron chi connectivity index (χ0n) is 11.7. The van der Waals surface area contributed by atoms with Gasteiger partial charge in [-0.1, -0.05) is 27.7 Å². The molecule has 0 rings (SSSR count). The van der Waals surface area contributed by atoms with Gasteiger partial charge in [0.05, 0.1) is 6.04 Å². The lowest BCUT2D eigenvalue weighted by Gasteiger charge is -2.17. The minimum atomic E-state index is -4.09. The Labute approximate surface area is 108 Å². The zero-order chi connectivity index (χ0) is 14.2. The molecule has 2 nitrogen and oxygen atoms in total. The Bertz CT molecular complexity index is 235. The van der Waals surface area contributed by atoms with E-state index in [0.29, 0.717) is 12.0 Å². The van der Waals surface area contributed by atoms with Gasteiger partial charge in [0.15, 0.2) is 0 Å². The molecule has 0 aliphatic rings. The zero-order valence-corrected chi connectivity index (χ0v) is 11.7. The van der Waals surface area contributed by atoms with Crippen LogP contribution in [0.4, 0.5) is 13.2 Å². The molecule has 1 N–H and O–H groups in total. The normalized spacial score (nSPS) is 14.9. The standard InChI is InChI=1S/C13H25F3N2/c1-10(2)8-12(9-18-11(3)4)17-7-5-6-13(14,15)16/h7,10-12,18H,5-6,8-9H2,1-4H3. The van der Waals surface area contributed by atoms with Gasteiger partial charge in [-0.2, -0.15) is 13.2 Å². The van der Waals surface area contributed by atoms with Crippen molar-refractivity contribution in [2.24, 2.45) is 10.9 Å². The molecule has 0 fully saturated rings. The number of alkyl halides is 3. The predicted molar refractivity (Wildman–Crippen MR) is 70.2 cm³/mol. The summed E-state index contributed by atoms with van der Waals surface area (Å²) < 4.78 is 35.9. The molecule has 1 atom stereocenters. The fourth-order valence-corrected chi connectivity index (χ4v) is 1.56. The summed E-state index contributed by atoms with van der Waals surface area (Å²) >= 11 is 0. The number of hydrogen-bond donors (Lipinski definition) is 1. The van der Waals surface area contributed by atoms with E-state index in [1.165, 1.54) is 6.21 Å². The van der Waals surface area contributed by atoms with E-state index in [0.717, 1.165) is 13.0 Å². The fraction of sp³-hybridized carbons (Fsp3) is 0.923. The molecule has 0 aromatic heterocycles. The summed E-state index contributed by atoms with van der Waals surface area (Å²) in [6.07, 6.45) is -2.59. The van der Waals surface area contributed by atoms with E-state index >= 15 is 0 Å². The second-order valence-corrected chi connectivity index (χ2v) is 5.33. The van der Waals surface area contributed by atoms with Crippen molar-refractivity contribution in [2.45, 2.75) is 65.2 Å². The highest BCUT2D eigenvalue weighted by molar-refractivity contribution is 5.57. The van der Waals surface area contributed by atoms with E-state index < -0.39 is 12.6 Å². The highest BCUT2D eigenvalue weighted by Gasteiger charge is 2.25. The van der Waals surface area contributed by atoms with Crippen molar-refractivity contribution in [3.05, 3.63) is 0 Å².